The number of hydrogen-bond acceptors (Lipinski definition) is 6. The molecular formula is C23H20Cl2N2O4S2. The third-order valence-corrected chi connectivity index (χ3v) is 6.79. The topological polar surface area (TPSA) is 67.9 Å². The van der Waals surface area contributed by atoms with Gasteiger partial charge in [0.2, 0.25) is 0 Å². The van der Waals surface area contributed by atoms with Crippen LogP contribution in [-0.2, 0) is 14.3 Å². The molecule has 2 aromatic carbocycles. The van der Waals surface area contributed by atoms with Gasteiger partial charge in [0.1, 0.15) is 10.1 Å². The third kappa shape index (κ3) is 6.49. The first-order chi connectivity index (χ1) is 15.9. The number of amides is 2. The summed E-state index contributed by atoms with van der Waals surface area (Å²) in [5, 5.41) is 3.54. The molecule has 2 aromatic rings. The molecule has 33 heavy (non-hydrogen) atoms. The van der Waals surface area contributed by atoms with Crippen molar-refractivity contribution in [1.29, 1.82) is 0 Å². The predicted octanol–water partition coefficient (Wildman–Crippen LogP) is 5.39. The van der Waals surface area contributed by atoms with E-state index in [2.05, 4.69) is 5.32 Å². The van der Waals surface area contributed by atoms with E-state index < -0.39 is 0 Å². The van der Waals surface area contributed by atoms with Crippen molar-refractivity contribution in [3.63, 3.8) is 0 Å². The summed E-state index contributed by atoms with van der Waals surface area (Å²) in [6.45, 7) is 1.06. The summed E-state index contributed by atoms with van der Waals surface area (Å²) in [7, 11) is 0. The van der Waals surface area contributed by atoms with Crippen LogP contribution in [0.25, 0.3) is 6.08 Å². The van der Waals surface area contributed by atoms with Crippen molar-refractivity contribution < 1.29 is 19.1 Å². The van der Waals surface area contributed by atoms with Crippen molar-refractivity contribution in [1.82, 2.24) is 4.90 Å². The SMILES string of the molecule is O=C(COc1ccc(/C=C2\SC(=S)N(CC3CCCO3)C2=O)cc1)Nc1cc(Cl)cc(Cl)c1. The number of thioether (sulfide) groups is 1. The van der Waals surface area contributed by atoms with Gasteiger partial charge in [0.05, 0.1) is 17.6 Å². The molecule has 1 unspecified atom stereocenters. The molecule has 1 atom stereocenters. The van der Waals surface area contributed by atoms with E-state index in [-0.39, 0.29) is 24.5 Å². The maximum Gasteiger partial charge on any atom is 0.266 e. The summed E-state index contributed by atoms with van der Waals surface area (Å²) in [6, 6.07) is 11.9. The lowest BCUT2D eigenvalue weighted by molar-refractivity contribution is -0.123. The van der Waals surface area contributed by atoms with Crippen molar-refractivity contribution >= 4 is 75.1 Å². The first-order valence-corrected chi connectivity index (χ1v) is 12.2. The fraction of sp³-hybridized carbons (Fsp3) is 0.261. The van der Waals surface area contributed by atoms with E-state index in [1.165, 1.54) is 11.8 Å². The lowest BCUT2D eigenvalue weighted by Crippen LogP contribution is -2.35. The van der Waals surface area contributed by atoms with Crippen LogP contribution >= 0.6 is 47.2 Å². The number of anilines is 1. The number of hydrogen-bond donors (Lipinski definition) is 1. The molecule has 4 rings (SSSR count). The monoisotopic (exact) mass is 522 g/mol. The molecule has 1 N–H and O–H groups in total. The number of benzene rings is 2. The minimum atomic E-state index is -0.340. The zero-order chi connectivity index (χ0) is 23.4. The Morgan fingerprint density at radius 2 is 1.97 bits per heavy atom. The minimum Gasteiger partial charge on any atom is -0.484 e. The second-order valence-corrected chi connectivity index (χ2v) is 10.0. The van der Waals surface area contributed by atoms with E-state index in [9.17, 15) is 9.59 Å². The molecule has 10 heteroatoms. The molecule has 2 saturated heterocycles. The fourth-order valence-electron chi connectivity index (χ4n) is 3.43. The van der Waals surface area contributed by atoms with Crippen molar-refractivity contribution in [2.45, 2.75) is 18.9 Å². The Morgan fingerprint density at radius 3 is 2.64 bits per heavy atom. The molecule has 2 heterocycles. The molecule has 0 saturated carbocycles. The summed E-state index contributed by atoms with van der Waals surface area (Å²) in [4.78, 5) is 27.1. The van der Waals surface area contributed by atoms with Crippen molar-refractivity contribution in [2.24, 2.45) is 0 Å². The summed E-state index contributed by atoms with van der Waals surface area (Å²) in [6.07, 6.45) is 3.81. The second-order valence-electron chi connectivity index (χ2n) is 7.49. The first kappa shape index (κ1) is 24.0. The number of thiocarbonyl (C=S) groups is 1. The average Bonchev–Trinajstić information content (AvgIpc) is 3.37. The normalized spacial score (nSPS) is 19.4. The Kier molecular flexibility index (Phi) is 7.93. The lowest BCUT2D eigenvalue weighted by atomic mass is 10.2. The standard InChI is InChI=1S/C23H20Cl2N2O4S2/c24-15-9-16(25)11-17(10-15)26-21(28)13-31-18-5-3-14(4-6-18)8-20-22(29)27(23(32)33-20)12-19-2-1-7-30-19/h3-6,8-11,19H,1-2,7,12-13H2,(H,26,28)/b20-8-. The van der Waals surface area contributed by atoms with Gasteiger partial charge in [-0.1, -0.05) is 59.3 Å². The van der Waals surface area contributed by atoms with E-state index in [4.69, 9.17) is 44.9 Å². The molecule has 0 bridgehead atoms. The molecule has 2 aliphatic rings. The molecule has 0 radical (unpaired) electrons. The number of rotatable bonds is 7. The van der Waals surface area contributed by atoms with Gasteiger partial charge in [-0.3, -0.25) is 14.5 Å². The van der Waals surface area contributed by atoms with E-state index in [0.29, 0.717) is 37.3 Å². The zero-order valence-corrected chi connectivity index (χ0v) is 20.5. The van der Waals surface area contributed by atoms with Gasteiger partial charge < -0.3 is 14.8 Å². The largest absolute Gasteiger partial charge is 0.484 e. The van der Waals surface area contributed by atoms with Gasteiger partial charge in [0.25, 0.3) is 11.8 Å². The van der Waals surface area contributed by atoms with E-state index in [0.717, 1.165) is 25.0 Å². The highest BCUT2D eigenvalue weighted by atomic mass is 35.5. The fourth-order valence-corrected chi connectivity index (χ4v) is 5.23. The molecule has 0 aromatic heterocycles. The molecular weight excluding hydrogens is 503 g/mol. The Morgan fingerprint density at radius 1 is 1.24 bits per heavy atom. The van der Waals surface area contributed by atoms with Gasteiger partial charge in [-0.05, 0) is 54.8 Å². The highest BCUT2D eigenvalue weighted by Crippen LogP contribution is 2.33. The first-order valence-electron chi connectivity index (χ1n) is 10.2. The Bertz CT molecular complexity index is 1080. The molecule has 6 nitrogen and oxygen atoms in total. The van der Waals surface area contributed by atoms with Crippen LogP contribution in [-0.4, -0.2) is 46.9 Å². The maximum absolute atomic E-state index is 12.8. The molecule has 0 aliphatic carbocycles. The lowest BCUT2D eigenvalue weighted by Gasteiger charge is -2.18. The quantitative estimate of drug-likeness (QED) is 0.388. The number of nitrogens with zero attached hydrogens (tertiary/aromatic N) is 1. The number of carbonyl (C=O) groups excluding carboxylic acids is 2. The third-order valence-electron chi connectivity index (χ3n) is 4.98. The van der Waals surface area contributed by atoms with Crippen LogP contribution in [0.2, 0.25) is 10.0 Å². The molecule has 0 spiro atoms. The highest BCUT2D eigenvalue weighted by molar-refractivity contribution is 8.26. The van der Waals surface area contributed by atoms with Gasteiger partial charge in [-0.15, -0.1) is 0 Å². The Hall–Kier alpha value is -2.10. The Balaban J connectivity index is 1.31. The van der Waals surface area contributed by atoms with Gasteiger partial charge >= 0.3 is 0 Å². The number of ether oxygens (including phenoxy) is 2. The van der Waals surface area contributed by atoms with Crippen molar-refractivity contribution in [2.75, 3.05) is 25.1 Å². The summed E-state index contributed by atoms with van der Waals surface area (Å²) >= 11 is 18.5. The van der Waals surface area contributed by atoms with E-state index in [1.54, 1.807) is 41.3 Å². The number of halogens is 2. The molecule has 172 valence electrons. The maximum atomic E-state index is 12.8. The van der Waals surface area contributed by atoms with Crippen LogP contribution in [0.4, 0.5) is 5.69 Å². The van der Waals surface area contributed by atoms with E-state index in [1.807, 2.05) is 12.1 Å². The average molecular weight is 523 g/mol. The van der Waals surface area contributed by atoms with Gasteiger partial charge in [0.15, 0.2) is 6.61 Å². The van der Waals surface area contributed by atoms with Crippen LogP contribution in [0.3, 0.4) is 0 Å². The van der Waals surface area contributed by atoms with Crippen molar-refractivity contribution in [3.8, 4) is 5.75 Å². The number of nitrogens with one attached hydrogen (secondary N) is 1. The zero-order valence-electron chi connectivity index (χ0n) is 17.4. The second kappa shape index (κ2) is 10.9. The molecule has 2 amide bonds. The van der Waals surface area contributed by atoms with Crippen LogP contribution in [0.1, 0.15) is 18.4 Å². The summed E-state index contributed by atoms with van der Waals surface area (Å²) in [5.41, 5.74) is 1.33. The van der Waals surface area contributed by atoms with Crippen molar-refractivity contribution in [3.05, 3.63) is 63.0 Å². The number of carbonyl (C=O) groups is 2. The predicted molar refractivity (Wildman–Crippen MR) is 136 cm³/mol. The Labute approximate surface area is 211 Å². The van der Waals surface area contributed by atoms with Gasteiger partial charge in [-0.2, -0.15) is 0 Å². The van der Waals surface area contributed by atoms with Gasteiger partial charge in [0, 0.05) is 22.3 Å². The van der Waals surface area contributed by atoms with E-state index >= 15 is 0 Å². The highest BCUT2D eigenvalue weighted by Gasteiger charge is 2.34. The van der Waals surface area contributed by atoms with Gasteiger partial charge in [-0.25, -0.2) is 0 Å². The van der Waals surface area contributed by atoms with Crippen LogP contribution in [0.15, 0.2) is 47.4 Å². The smallest absolute Gasteiger partial charge is 0.266 e. The molecule has 2 fully saturated rings. The summed E-state index contributed by atoms with van der Waals surface area (Å²) in [5.74, 6) is 0.0864. The van der Waals surface area contributed by atoms with Crippen LogP contribution in [0.5, 0.6) is 5.75 Å². The summed E-state index contributed by atoms with van der Waals surface area (Å²) < 4.78 is 11.7. The molecule has 2 aliphatic heterocycles. The van der Waals surface area contributed by atoms with Crippen LogP contribution < -0.4 is 10.1 Å². The minimum absolute atomic E-state index is 0.0522. The van der Waals surface area contributed by atoms with Crippen LogP contribution in [0, 0.1) is 0 Å².